The molecule has 1 aromatic carbocycles. The maximum atomic E-state index is 11.3. The molecule has 0 aliphatic heterocycles. The Labute approximate surface area is 134 Å². The lowest BCUT2D eigenvalue weighted by molar-refractivity contribution is -0.138. The zero-order valence-corrected chi connectivity index (χ0v) is 12.9. The molecule has 0 amide bonds. The first kappa shape index (κ1) is 18.4. The van der Waals surface area contributed by atoms with Crippen molar-refractivity contribution in [2.75, 3.05) is 18.4 Å². The zero-order valence-electron chi connectivity index (χ0n) is 12.9. The van der Waals surface area contributed by atoms with Gasteiger partial charge in [0.25, 0.3) is 0 Å². The molecule has 0 atom stereocenters. The molecule has 1 rings (SSSR count). The molecule has 1 N–H and O–H groups in total. The fraction of sp³-hybridized carbons (Fsp3) is 0.250. The van der Waals surface area contributed by atoms with Gasteiger partial charge in [0.2, 0.25) is 0 Å². The Morgan fingerprint density at radius 3 is 2.22 bits per heavy atom. The van der Waals surface area contributed by atoms with Crippen molar-refractivity contribution in [3.8, 4) is 0 Å². The molecule has 0 aliphatic carbocycles. The van der Waals surface area contributed by atoms with Crippen molar-refractivity contribution in [3.05, 3.63) is 46.7 Å². The largest absolute Gasteiger partial charge is 0.733 e. The summed E-state index contributed by atoms with van der Waals surface area (Å²) in [6, 6.07) is 4.51. The normalized spacial score (nSPS) is 11.0. The highest BCUT2D eigenvalue weighted by Crippen LogP contribution is 2.23. The molecule has 0 fully saturated rings. The minimum absolute atomic E-state index is 0.0726. The number of rotatable bonds is 7. The molecule has 7 heteroatoms. The number of nitrogens with zero attached hydrogens (tertiary/aromatic N) is 1. The highest BCUT2D eigenvalue weighted by atomic mass is 16.8. The average molecular weight is 320 g/mol. The van der Waals surface area contributed by atoms with E-state index in [0.29, 0.717) is 11.1 Å². The van der Waals surface area contributed by atoms with Crippen LogP contribution >= 0.6 is 0 Å². The third-order valence-electron chi connectivity index (χ3n) is 2.64. The van der Waals surface area contributed by atoms with Gasteiger partial charge in [0, 0.05) is 12.2 Å². The second kappa shape index (κ2) is 9.39. The fourth-order valence-corrected chi connectivity index (χ4v) is 1.67. The van der Waals surface area contributed by atoms with Crippen LogP contribution in [0.2, 0.25) is 0 Å². The van der Waals surface area contributed by atoms with E-state index in [9.17, 15) is 20.0 Å². The van der Waals surface area contributed by atoms with Crippen LogP contribution < -0.4 is 5.23 Å². The minimum atomic E-state index is -0.555. The molecule has 23 heavy (non-hydrogen) atoms. The average Bonchev–Trinajstić information content (AvgIpc) is 2.51. The van der Waals surface area contributed by atoms with Crippen LogP contribution in [-0.4, -0.2) is 30.4 Å². The summed E-state index contributed by atoms with van der Waals surface area (Å²) in [6.07, 6.45) is 5.17. The molecule has 0 heterocycles. The molecule has 0 spiro atoms. The Morgan fingerprint density at radius 2 is 1.70 bits per heavy atom. The number of ether oxygens (including phenoxy) is 2. The predicted molar refractivity (Wildman–Crippen MR) is 85.4 cm³/mol. The van der Waals surface area contributed by atoms with Gasteiger partial charge in [-0.25, -0.2) is 9.59 Å². The van der Waals surface area contributed by atoms with Gasteiger partial charge < -0.3 is 19.9 Å². The van der Waals surface area contributed by atoms with Crippen LogP contribution in [-0.2, 0) is 19.1 Å². The van der Waals surface area contributed by atoms with Crippen LogP contribution in [0, 0.1) is 5.21 Å². The lowest BCUT2D eigenvalue weighted by Crippen LogP contribution is -2.09. The number of anilines is 1. The van der Waals surface area contributed by atoms with E-state index in [2.05, 4.69) is 0 Å². The Morgan fingerprint density at radius 1 is 1.13 bits per heavy atom. The van der Waals surface area contributed by atoms with E-state index in [1.54, 1.807) is 19.9 Å². The summed E-state index contributed by atoms with van der Waals surface area (Å²) < 4.78 is 9.48. The van der Waals surface area contributed by atoms with Gasteiger partial charge in [0.05, 0.1) is 18.9 Å². The van der Waals surface area contributed by atoms with Crippen molar-refractivity contribution in [2.45, 2.75) is 13.8 Å². The number of hydrogen-bond donors (Lipinski definition) is 1. The second-order valence-corrected chi connectivity index (χ2v) is 4.26. The maximum absolute atomic E-state index is 11.3. The van der Waals surface area contributed by atoms with Gasteiger partial charge in [-0.2, -0.15) is 0 Å². The third-order valence-corrected chi connectivity index (χ3v) is 2.64. The number of esters is 2. The first-order valence-corrected chi connectivity index (χ1v) is 6.97. The van der Waals surface area contributed by atoms with Crippen molar-refractivity contribution in [2.24, 2.45) is 0 Å². The summed E-state index contributed by atoms with van der Waals surface area (Å²) in [4.78, 5) is 22.5. The standard InChI is InChI=1S/C16H18NO6/c1-3-22-15(18)9-6-12-5-7-13(14(11-12)17(20)21)8-10-16(19)23-4-2/h5-11,20H,3-4H2,1-2H3/q-1. The summed E-state index contributed by atoms with van der Waals surface area (Å²) in [5, 5.41) is 20.1. The highest BCUT2D eigenvalue weighted by molar-refractivity contribution is 5.89. The molecule has 0 unspecified atom stereocenters. The van der Waals surface area contributed by atoms with E-state index in [1.165, 1.54) is 30.4 Å². The van der Waals surface area contributed by atoms with Crippen LogP contribution in [0.4, 0.5) is 5.69 Å². The first-order chi connectivity index (χ1) is 11.0. The van der Waals surface area contributed by atoms with Gasteiger partial charge in [-0.05, 0) is 43.2 Å². The first-order valence-electron chi connectivity index (χ1n) is 6.97. The Balaban J connectivity index is 2.98. The van der Waals surface area contributed by atoms with Gasteiger partial charge >= 0.3 is 11.9 Å². The second-order valence-electron chi connectivity index (χ2n) is 4.26. The molecule has 0 saturated heterocycles. The summed E-state index contributed by atoms with van der Waals surface area (Å²) >= 11 is 0. The quantitative estimate of drug-likeness (QED) is 0.468. The highest BCUT2D eigenvalue weighted by Gasteiger charge is 2.03. The van der Waals surface area contributed by atoms with Crippen molar-refractivity contribution in [1.29, 1.82) is 0 Å². The van der Waals surface area contributed by atoms with Gasteiger partial charge in [-0.3, -0.25) is 5.21 Å². The van der Waals surface area contributed by atoms with Gasteiger partial charge in [-0.1, -0.05) is 12.1 Å². The number of benzene rings is 1. The molecule has 0 aliphatic rings. The third kappa shape index (κ3) is 6.33. The smallest absolute Gasteiger partial charge is 0.330 e. The topological polar surface area (TPSA) is 99.1 Å². The lowest BCUT2D eigenvalue weighted by atomic mass is 10.1. The molecule has 0 aromatic heterocycles. The van der Waals surface area contributed by atoms with E-state index in [1.807, 2.05) is 0 Å². The molecule has 0 radical (unpaired) electrons. The monoisotopic (exact) mass is 320 g/mol. The number of carbonyl (C=O) groups excluding carboxylic acids is 2. The molecule has 1 aromatic rings. The molecular weight excluding hydrogens is 302 g/mol. The van der Waals surface area contributed by atoms with E-state index in [-0.39, 0.29) is 24.1 Å². The van der Waals surface area contributed by atoms with E-state index in [4.69, 9.17) is 9.47 Å². The Hall–Kier alpha value is -2.64. The van der Waals surface area contributed by atoms with Gasteiger partial charge in [0.1, 0.15) is 0 Å². The van der Waals surface area contributed by atoms with Crippen molar-refractivity contribution in [1.82, 2.24) is 0 Å². The van der Waals surface area contributed by atoms with Gasteiger partial charge in [0.15, 0.2) is 0 Å². The zero-order chi connectivity index (χ0) is 17.2. The maximum Gasteiger partial charge on any atom is 0.330 e. The van der Waals surface area contributed by atoms with Crippen LogP contribution in [0.1, 0.15) is 25.0 Å². The lowest BCUT2D eigenvalue weighted by Gasteiger charge is -2.24. The predicted octanol–water partition coefficient (Wildman–Crippen LogP) is 2.53. The molecule has 0 saturated carbocycles. The Bertz CT molecular complexity index is 607. The molecular formula is C16H18NO6-. The summed E-state index contributed by atoms with van der Waals surface area (Å²) in [5.74, 6) is -1.07. The van der Waals surface area contributed by atoms with Crippen LogP contribution in [0.15, 0.2) is 30.4 Å². The minimum Gasteiger partial charge on any atom is -0.733 e. The van der Waals surface area contributed by atoms with Crippen LogP contribution in [0.5, 0.6) is 0 Å². The van der Waals surface area contributed by atoms with E-state index in [0.717, 1.165) is 6.08 Å². The van der Waals surface area contributed by atoms with Gasteiger partial charge in [-0.15, -0.1) is 0 Å². The summed E-state index contributed by atoms with van der Waals surface area (Å²) in [5.41, 5.74) is 0.761. The fourth-order valence-electron chi connectivity index (χ4n) is 1.67. The SMILES string of the molecule is CCOC(=O)C=Cc1ccc(C=CC(=O)OCC)c(N([O-])O)c1. The number of carbonyl (C=O) groups is 2. The molecule has 7 nitrogen and oxygen atoms in total. The van der Waals surface area contributed by atoms with Crippen molar-refractivity contribution >= 4 is 29.8 Å². The van der Waals surface area contributed by atoms with E-state index >= 15 is 0 Å². The van der Waals surface area contributed by atoms with Crippen molar-refractivity contribution < 1.29 is 24.3 Å². The molecule has 124 valence electrons. The molecule has 0 bridgehead atoms. The van der Waals surface area contributed by atoms with Crippen LogP contribution in [0.25, 0.3) is 12.2 Å². The summed E-state index contributed by atoms with van der Waals surface area (Å²) in [6.45, 7) is 3.86. The van der Waals surface area contributed by atoms with Crippen LogP contribution in [0.3, 0.4) is 0 Å². The van der Waals surface area contributed by atoms with Crippen molar-refractivity contribution in [3.63, 3.8) is 0 Å². The summed E-state index contributed by atoms with van der Waals surface area (Å²) in [7, 11) is 0. The Kier molecular flexibility index (Phi) is 7.52. The number of hydrogen-bond acceptors (Lipinski definition) is 7. The van der Waals surface area contributed by atoms with E-state index < -0.39 is 11.9 Å².